The fourth-order valence-electron chi connectivity index (χ4n) is 0.805. The van der Waals surface area contributed by atoms with Crippen molar-refractivity contribution in [3.8, 4) is 0 Å². The Hall–Kier alpha value is -0.150. The summed E-state index contributed by atoms with van der Waals surface area (Å²) in [5, 5.41) is 0. The first-order valence-electron chi connectivity index (χ1n) is 4.12. The predicted molar refractivity (Wildman–Crippen MR) is 49.4 cm³/mol. The summed E-state index contributed by atoms with van der Waals surface area (Å²) < 4.78 is 26.6. The summed E-state index contributed by atoms with van der Waals surface area (Å²) in [5.74, 6) is 0. The molecule has 13 heavy (non-hydrogen) atoms. The summed E-state index contributed by atoms with van der Waals surface area (Å²) in [4.78, 5) is 0. The van der Waals surface area contributed by atoms with Gasteiger partial charge in [0.15, 0.2) is 0 Å². The van der Waals surface area contributed by atoms with Crippen LogP contribution < -0.4 is 0 Å². The van der Waals surface area contributed by atoms with Gasteiger partial charge in [0.05, 0.1) is 19.8 Å². The molecular weight excluding hydrogens is 191 g/mol. The van der Waals surface area contributed by atoms with Gasteiger partial charge in [-0.25, -0.2) is 4.57 Å². The van der Waals surface area contributed by atoms with Crippen molar-refractivity contribution >= 4 is 7.82 Å². The smallest absolute Gasteiger partial charge is 0.286 e. The van der Waals surface area contributed by atoms with E-state index in [9.17, 15) is 4.57 Å². The lowest BCUT2D eigenvalue weighted by Crippen LogP contribution is -2.29. The lowest BCUT2D eigenvalue weighted by molar-refractivity contribution is 0.00433. The Morgan fingerprint density at radius 2 is 2.08 bits per heavy atom. The third kappa shape index (κ3) is 3.24. The van der Waals surface area contributed by atoms with Crippen LogP contribution in [0.2, 0.25) is 0 Å². The van der Waals surface area contributed by atoms with Crippen LogP contribution in [0.4, 0.5) is 0 Å². The van der Waals surface area contributed by atoms with E-state index in [1.165, 1.54) is 6.08 Å². The minimum atomic E-state index is -3.28. The SMILES string of the molecule is C=CCOP1(=O)OCC(C)(C)CO1. The standard InChI is InChI=1S/C8H15O4P/c1-4-5-10-13(9)11-6-8(2,3)7-12-13/h4H,1,5-7H2,2-3H3. The van der Waals surface area contributed by atoms with Gasteiger partial charge in [0.25, 0.3) is 0 Å². The number of hydrogen-bond donors (Lipinski definition) is 0. The van der Waals surface area contributed by atoms with E-state index < -0.39 is 7.82 Å². The average molecular weight is 206 g/mol. The molecule has 0 unspecified atom stereocenters. The highest BCUT2D eigenvalue weighted by Crippen LogP contribution is 2.54. The number of hydrogen-bond acceptors (Lipinski definition) is 4. The molecule has 0 bridgehead atoms. The van der Waals surface area contributed by atoms with E-state index in [1.54, 1.807) is 0 Å². The maximum Gasteiger partial charge on any atom is 0.475 e. The van der Waals surface area contributed by atoms with E-state index in [0.717, 1.165) is 0 Å². The van der Waals surface area contributed by atoms with Crippen molar-refractivity contribution < 1.29 is 18.1 Å². The van der Waals surface area contributed by atoms with E-state index in [4.69, 9.17) is 13.6 Å². The molecule has 0 N–H and O–H groups in total. The Balaban J connectivity index is 2.47. The molecule has 1 rings (SSSR count). The molecule has 0 aromatic carbocycles. The molecule has 0 radical (unpaired) electrons. The largest absolute Gasteiger partial charge is 0.475 e. The van der Waals surface area contributed by atoms with E-state index in [0.29, 0.717) is 13.2 Å². The topological polar surface area (TPSA) is 44.8 Å². The normalized spacial score (nSPS) is 25.4. The quantitative estimate of drug-likeness (QED) is 0.525. The maximum atomic E-state index is 11.6. The van der Waals surface area contributed by atoms with Crippen molar-refractivity contribution in [3.63, 3.8) is 0 Å². The Morgan fingerprint density at radius 1 is 1.54 bits per heavy atom. The Bertz CT molecular complexity index is 222. The fraction of sp³-hybridized carbons (Fsp3) is 0.750. The molecule has 0 atom stereocenters. The number of rotatable bonds is 3. The van der Waals surface area contributed by atoms with Crippen LogP contribution in [-0.2, 0) is 18.1 Å². The van der Waals surface area contributed by atoms with Gasteiger partial charge in [0.1, 0.15) is 0 Å². The molecule has 1 fully saturated rings. The second-order valence-corrected chi connectivity index (χ2v) is 5.41. The van der Waals surface area contributed by atoms with Crippen LogP contribution in [0.3, 0.4) is 0 Å². The van der Waals surface area contributed by atoms with Gasteiger partial charge in [-0.15, -0.1) is 6.58 Å². The molecule has 1 saturated heterocycles. The zero-order chi connectivity index (χ0) is 9.95. The molecular formula is C8H15O4P. The van der Waals surface area contributed by atoms with Crippen LogP contribution in [0.5, 0.6) is 0 Å². The average Bonchev–Trinajstić information content (AvgIpc) is 2.08. The zero-order valence-corrected chi connectivity index (χ0v) is 8.88. The summed E-state index contributed by atoms with van der Waals surface area (Å²) in [7, 11) is -3.28. The summed E-state index contributed by atoms with van der Waals surface area (Å²) in [6.07, 6.45) is 1.51. The monoisotopic (exact) mass is 206 g/mol. The van der Waals surface area contributed by atoms with Crippen molar-refractivity contribution in [2.45, 2.75) is 13.8 Å². The van der Waals surface area contributed by atoms with Crippen molar-refractivity contribution in [2.24, 2.45) is 5.41 Å². The summed E-state index contributed by atoms with van der Waals surface area (Å²) in [6.45, 7) is 8.36. The molecule has 0 saturated carbocycles. The van der Waals surface area contributed by atoms with Crippen LogP contribution in [0.25, 0.3) is 0 Å². The van der Waals surface area contributed by atoms with Gasteiger partial charge >= 0.3 is 7.82 Å². The van der Waals surface area contributed by atoms with E-state index in [-0.39, 0.29) is 12.0 Å². The third-order valence-corrected chi connectivity index (χ3v) is 2.93. The maximum absolute atomic E-state index is 11.6. The van der Waals surface area contributed by atoms with Crippen molar-refractivity contribution in [1.82, 2.24) is 0 Å². The van der Waals surface area contributed by atoms with E-state index in [2.05, 4.69) is 6.58 Å². The molecule has 0 amide bonds. The molecule has 4 nitrogen and oxygen atoms in total. The lowest BCUT2D eigenvalue weighted by atomic mass is 9.97. The van der Waals surface area contributed by atoms with E-state index in [1.807, 2.05) is 13.8 Å². The third-order valence-electron chi connectivity index (χ3n) is 1.58. The minimum Gasteiger partial charge on any atom is -0.286 e. The summed E-state index contributed by atoms with van der Waals surface area (Å²) >= 11 is 0. The van der Waals surface area contributed by atoms with E-state index >= 15 is 0 Å². The van der Waals surface area contributed by atoms with Gasteiger partial charge in [-0.2, -0.15) is 0 Å². The first-order chi connectivity index (χ1) is 5.97. The molecule has 5 heteroatoms. The number of phosphoric ester groups is 1. The fourth-order valence-corrected chi connectivity index (χ4v) is 2.33. The molecule has 76 valence electrons. The molecule has 0 aliphatic carbocycles. The highest BCUT2D eigenvalue weighted by atomic mass is 31.2. The second kappa shape index (κ2) is 3.93. The van der Waals surface area contributed by atoms with Gasteiger partial charge in [-0.05, 0) is 0 Å². The first kappa shape index (κ1) is 10.9. The molecule has 1 heterocycles. The van der Waals surface area contributed by atoms with Crippen LogP contribution in [0.1, 0.15) is 13.8 Å². The molecule has 0 spiro atoms. The Labute approximate surface area is 78.5 Å². The van der Waals surface area contributed by atoms with Gasteiger partial charge < -0.3 is 0 Å². The molecule has 1 aliphatic heterocycles. The summed E-state index contributed by atoms with van der Waals surface area (Å²) in [5.41, 5.74) is -0.0918. The van der Waals surface area contributed by atoms with Crippen molar-refractivity contribution in [1.29, 1.82) is 0 Å². The van der Waals surface area contributed by atoms with Crippen molar-refractivity contribution in [3.05, 3.63) is 12.7 Å². The van der Waals surface area contributed by atoms with Crippen LogP contribution in [0.15, 0.2) is 12.7 Å². The highest BCUT2D eigenvalue weighted by molar-refractivity contribution is 7.48. The van der Waals surface area contributed by atoms with Crippen LogP contribution >= 0.6 is 7.82 Å². The Kier molecular flexibility index (Phi) is 3.30. The van der Waals surface area contributed by atoms with Crippen LogP contribution in [-0.4, -0.2) is 19.8 Å². The second-order valence-electron chi connectivity index (χ2n) is 3.74. The molecule has 0 aromatic rings. The molecule has 1 aliphatic rings. The van der Waals surface area contributed by atoms with Gasteiger partial charge in [0.2, 0.25) is 0 Å². The Morgan fingerprint density at radius 3 is 2.54 bits per heavy atom. The summed E-state index contributed by atoms with van der Waals surface area (Å²) in [6, 6.07) is 0. The van der Waals surface area contributed by atoms with Gasteiger partial charge in [0, 0.05) is 5.41 Å². The lowest BCUT2D eigenvalue weighted by Gasteiger charge is -2.32. The molecule has 0 aromatic heterocycles. The first-order valence-corrected chi connectivity index (χ1v) is 5.58. The number of phosphoric acid groups is 1. The van der Waals surface area contributed by atoms with Crippen LogP contribution in [0, 0.1) is 5.41 Å². The van der Waals surface area contributed by atoms with Gasteiger partial charge in [-0.3, -0.25) is 13.6 Å². The highest BCUT2D eigenvalue weighted by Gasteiger charge is 2.37. The minimum absolute atomic E-state index is 0.0918. The predicted octanol–water partition coefficient (Wildman–Crippen LogP) is 2.37. The zero-order valence-electron chi connectivity index (χ0n) is 7.99. The van der Waals surface area contributed by atoms with Crippen molar-refractivity contribution in [2.75, 3.05) is 19.8 Å². The van der Waals surface area contributed by atoms with Gasteiger partial charge in [-0.1, -0.05) is 19.9 Å².